The molecule has 2 aromatic carbocycles. The van der Waals surface area contributed by atoms with E-state index < -0.39 is 0 Å². The van der Waals surface area contributed by atoms with E-state index in [0.717, 1.165) is 55.8 Å². The number of ether oxygens (including phenoxy) is 3. The Kier molecular flexibility index (Phi) is 11.8. The summed E-state index contributed by atoms with van der Waals surface area (Å²) in [6.07, 6.45) is 1.07. The van der Waals surface area contributed by atoms with Gasteiger partial charge in [0.25, 0.3) is 5.91 Å². The molecule has 32 heavy (non-hydrogen) atoms. The maximum Gasteiger partial charge on any atom is 0.262 e. The number of nitrogens with one attached hydrogen (secondary N) is 2. The average Bonchev–Trinajstić information content (AvgIpc) is 2.79. The van der Waals surface area contributed by atoms with E-state index in [0.29, 0.717) is 23.7 Å². The normalized spacial score (nSPS) is 13.8. The smallest absolute Gasteiger partial charge is 0.262 e. The van der Waals surface area contributed by atoms with Crippen LogP contribution in [0.15, 0.2) is 46.9 Å². The molecule has 0 radical (unpaired) electrons. The molecule has 0 aromatic heterocycles. The van der Waals surface area contributed by atoms with Gasteiger partial charge in [0.05, 0.1) is 26.0 Å². The molecule has 1 aliphatic rings. The van der Waals surface area contributed by atoms with E-state index in [1.807, 2.05) is 30.3 Å². The van der Waals surface area contributed by atoms with Gasteiger partial charge >= 0.3 is 0 Å². The van der Waals surface area contributed by atoms with Crippen LogP contribution in [0.4, 0.5) is 5.69 Å². The predicted octanol–water partition coefficient (Wildman–Crippen LogP) is 0.291. The van der Waals surface area contributed by atoms with Crippen molar-refractivity contribution in [3.63, 3.8) is 0 Å². The minimum Gasteiger partial charge on any atom is -1.00 e. The second-order valence-corrected chi connectivity index (χ2v) is 8.19. The molecule has 0 atom stereocenters. The van der Waals surface area contributed by atoms with Gasteiger partial charge in [0.1, 0.15) is 11.5 Å². The minimum absolute atomic E-state index is 0. The Bertz CT molecular complexity index is 850. The molecule has 9 heteroatoms. The Morgan fingerprint density at radius 3 is 2.72 bits per heavy atom. The molecule has 1 saturated heterocycles. The van der Waals surface area contributed by atoms with Gasteiger partial charge in [0, 0.05) is 29.7 Å². The van der Waals surface area contributed by atoms with Crippen LogP contribution in [0.5, 0.6) is 11.5 Å². The molecule has 1 heterocycles. The Hall–Kier alpha value is -1.84. The fourth-order valence-corrected chi connectivity index (χ4v) is 3.79. The molecule has 1 aliphatic heterocycles. The van der Waals surface area contributed by atoms with Gasteiger partial charge in [-0.05, 0) is 49.8 Å². The van der Waals surface area contributed by atoms with E-state index >= 15 is 0 Å². The summed E-state index contributed by atoms with van der Waals surface area (Å²) in [5, 5.41) is 6.30. The molecule has 0 bridgehead atoms. The van der Waals surface area contributed by atoms with Crippen molar-refractivity contribution < 1.29 is 31.4 Å². The predicted molar refractivity (Wildman–Crippen MR) is 125 cm³/mol. The van der Waals surface area contributed by atoms with Crippen LogP contribution in [0.3, 0.4) is 0 Å². The molecule has 1 amide bonds. The number of benzene rings is 2. The van der Waals surface area contributed by atoms with Gasteiger partial charge in [-0.1, -0.05) is 28.1 Å². The van der Waals surface area contributed by atoms with Gasteiger partial charge < -0.3 is 37.3 Å². The lowest BCUT2D eigenvalue weighted by atomic mass is 10.2. The Balaban J connectivity index is 0.00000363. The number of para-hydroxylation sites is 2. The maximum atomic E-state index is 12.4. The average molecular weight is 528 g/mol. The van der Waals surface area contributed by atoms with Crippen LogP contribution in [0.1, 0.15) is 12.0 Å². The molecule has 176 valence electrons. The zero-order valence-corrected chi connectivity index (χ0v) is 20.6. The first-order chi connectivity index (χ1) is 15.2. The summed E-state index contributed by atoms with van der Waals surface area (Å²) in [5.41, 5.74) is 1.63. The van der Waals surface area contributed by atoms with E-state index in [-0.39, 0.29) is 24.9 Å². The molecule has 0 unspecified atom stereocenters. The first-order valence-electron chi connectivity index (χ1n) is 10.5. The number of hydrogen-bond acceptors (Lipinski definition) is 6. The molecular weight excluding hydrogens is 498 g/mol. The van der Waals surface area contributed by atoms with Gasteiger partial charge in [0.2, 0.25) is 0 Å². The van der Waals surface area contributed by atoms with E-state index in [1.165, 1.54) is 0 Å². The summed E-state index contributed by atoms with van der Waals surface area (Å²) in [7, 11) is 1.57. The lowest BCUT2D eigenvalue weighted by Gasteiger charge is -2.26. The minimum atomic E-state index is -0.239. The number of carbonyl (C=O) groups excluding carboxylic acids is 1. The first kappa shape index (κ1) is 26.4. The third kappa shape index (κ3) is 8.60. The highest BCUT2D eigenvalue weighted by Gasteiger charge is 2.11. The fourth-order valence-electron chi connectivity index (χ4n) is 3.38. The molecule has 2 aromatic rings. The number of carbonyl (C=O) groups is 1. The van der Waals surface area contributed by atoms with Crippen molar-refractivity contribution in [2.75, 3.05) is 58.4 Å². The zero-order valence-electron chi connectivity index (χ0n) is 18.2. The van der Waals surface area contributed by atoms with Gasteiger partial charge in [0.15, 0.2) is 6.61 Å². The molecular formula is C23H30BrClN3O4-. The highest BCUT2D eigenvalue weighted by Crippen LogP contribution is 2.25. The molecule has 2 N–H and O–H groups in total. The Morgan fingerprint density at radius 2 is 1.94 bits per heavy atom. The largest absolute Gasteiger partial charge is 1.00 e. The van der Waals surface area contributed by atoms with Crippen LogP contribution in [-0.2, 0) is 16.1 Å². The van der Waals surface area contributed by atoms with Gasteiger partial charge in [-0.2, -0.15) is 0 Å². The number of amides is 1. The van der Waals surface area contributed by atoms with Crippen LogP contribution >= 0.6 is 15.9 Å². The zero-order chi connectivity index (χ0) is 21.9. The number of nitrogens with zero attached hydrogens (tertiary/aromatic N) is 1. The monoisotopic (exact) mass is 526 g/mol. The summed E-state index contributed by atoms with van der Waals surface area (Å²) < 4.78 is 17.4. The number of anilines is 1. The van der Waals surface area contributed by atoms with E-state index in [2.05, 4.69) is 31.5 Å². The van der Waals surface area contributed by atoms with E-state index in [4.69, 9.17) is 14.2 Å². The third-order valence-corrected chi connectivity index (χ3v) is 5.50. The lowest BCUT2D eigenvalue weighted by Crippen LogP contribution is -3.00. The Labute approximate surface area is 204 Å². The van der Waals surface area contributed by atoms with Crippen molar-refractivity contribution in [3.05, 3.63) is 52.5 Å². The number of halogens is 2. The number of rotatable bonds is 11. The summed E-state index contributed by atoms with van der Waals surface area (Å²) in [6.45, 7) is 6.27. The fraction of sp³-hybridized carbons (Fsp3) is 0.435. The van der Waals surface area contributed by atoms with Crippen molar-refractivity contribution in [3.8, 4) is 11.5 Å². The molecule has 0 saturated carbocycles. The highest BCUT2D eigenvalue weighted by molar-refractivity contribution is 9.10. The molecule has 1 fully saturated rings. The molecule has 7 nitrogen and oxygen atoms in total. The van der Waals surface area contributed by atoms with Crippen LogP contribution in [0, 0.1) is 0 Å². The van der Waals surface area contributed by atoms with Crippen molar-refractivity contribution in [1.82, 2.24) is 10.2 Å². The van der Waals surface area contributed by atoms with Gasteiger partial charge in [-0.15, -0.1) is 0 Å². The van der Waals surface area contributed by atoms with Gasteiger partial charge in [-0.3, -0.25) is 9.69 Å². The number of hydrogen-bond donors (Lipinski definition) is 2. The standard InChI is InChI=1S/C23H30BrN3O4.ClH/c1-29-22-6-3-2-5-20(22)26-23(28)17-31-21-8-7-19(24)15-18(21)16-25-9-4-10-27-11-13-30-14-12-27;/h2-3,5-8,15,25H,4,9-14,16-17H2,1H3,(H,26,28);1H/p-1. The number of morpholine rings is 1. The van der Waals surface area contributed by atoms with Crippen molar-refractivity contribution in [2.24, 2.45) is 0 Å². The van der Waals surface area contributed by atoms with E-state index in [1.54, 1.807) is 19.2 Å². The third-order valence-electron chi connectivity index (χ3n) is 5.01. The lowest BCUT2D eigenvalue weighted by molar-refractivity contribution is -0.118. The summed E-state index contributed by atoms with van der Waals surface area (Å²) in [6, 6.07) is 13.1. The quantitative estimate of drug-likeness (QED) is 0.410. The van der Waals surface area contributed by atoms with E-state index in [9.17, 15) is 4.79 Å². The summed E-state index contributed by atoms with van der Waals surface area (Å²) in [4.78, 5) is 14.8. The summed E-state index contributed by atoms with van der Waals surface area (Å²) >= 11 is 3.52. The van der Waals surface area contributed by atoms with Crippen LogP contribution in [-0.4, -0.2) is 63.9 Å². The number of methoxy groups -OCH3 is 1. The maximum absolute atomic E-state index is 12.4. The highest BCUT2D eigenvalue weighted by atomic mass is 79.9. The van der Waals surface area contributed by atoms with Crippen LogP contribution in [0.25, 0.3) is 0 Å². The first-order valence-corrected chi connectivity index (χ1v) is 11.3. The van der Waals surface area contributed by atoms with Gasteiger partial charge in [-0.25, -0.2) is 0 Å². The second kappa shape index (κ2) is 14.3. The van der Waals surface area contributed by atoms with Crippen molar-refractivity contribution in [1.29, 1.82) is 0 Å². The molecule has 0 aliphatic carbocycles. The molecule has 0 spiro atoms. The molecule has 3 rings (SSSR count). The van der Waals surface area contributed by atoms with Crippen LogP contribution < -0.4 is 32.5 Å². The van der Waals surface area contributed by atoms with Crippen molar-refractivity contribution >= 4 is 27.5 Å². The Morgan fingerprint density at radius 1 is 1.16 bits per heavy atom. The van der Waals surface area contributed by atoms with Crippen molar-refractivity contribution in [2.45, 2.75) is 13.0 Å². The SMILES string of the molecule is COc1ccccc1NC(=O)COc1ccc(Br)cc1CNCCCN1CCOCC1.[Cl-]. The summed E-state index contributed by atoms with van der Waals surface area (Å²) in [5.74, 6) is 1.07. The van der Waals surface area contributed by atoms with Crippen LogP contribution in [0.2, 0.25) is 0 Å². The topological polar surface area (TPSA) is 72.1 Å². The second-order valence-electron chi connectivity index (χ2n) is 7.27.